The Morgan fingerprint density at radius 2 is 1.82 bits per heavy atom. The van der Waals surface area contributed by atoms with E-state index in [-0.39, 0.29) is 0 Å². The van der Waals surface area contributed by atoms with Crippen molar-refractivity contribution in [2.45, 2.75) is 57.4 Å². The van der Waals surface area contributed by atoms with Crippen LogP contribution in [0.5, 0.6) is 0 Å². The maximum absolute atomic E-state index is 12.1. The topological polar surface area (TPSA) is 111 Å². The second-order valence-corrected chi connectivity index (χ2v) is 9.37. The lowest BCUT2D eigenvalue weighted by molar-refractivity contribution is 0.250. The van der Waals surface area contributed by atoms with Crippen LogP contribution in [0.4, 0.5) is 22.2 Å². The SMILES string of the molecule is CN(C)c1nc(N[C@H]2CC[C@@H](CN(C(N)=O)c3ccc(C#N)cc3)CC2)nc2c1CCCC2. The van der Waals surface area contributed by atoms with Crippen molar-refractivity contribution in [1.82, 2.24) is 9.97 Å². The monoisotopic (exact) mass is 447 g/mol. The first-order valence-corrected chi connectivity index (χ1v) is 11.9. The van der Waals surface area contributed by atoms with Crippen molar-refractivity contribution in [2.75, 3.05) is 35.8 Å². The highest BCUT2D eigenvalue weighted by Gasteiger charge is 2.26. The van der Waals surface area contributed by atoms with Crippen LogP contribution in [0.15, 0.2) is 24.3 Å². The smallest absolute Gasteiger partial charge is 0.319 e. The number of urea groups is 1. The molecule has 2 aliphatic rings. The zero-order chi connectivity index (χ0) is 23.4. The Hall–Kier alpha value is -3.34. The number of nitriles is 1. The number of nitrogens with zero attached hydrogens (tertiary/aromatic N) is 5. The minimum absolute atomic E-state index is 0.329. The first-order chi connectivity index (χ1) is 15.9. The molecular weight excluding hydrogens is 414 g/mol. The zero-order valence-corrected chi connectivity index (χ0v) is 19.5. The fraction of sp³-hybridized carbons (Fsp3) is 0.520. The molecule has 8 nitrogen and oxygen atoms in total. The average molecular weight is 448 g/mol. The number of carbonyl (C=O) groups excluding carboxylic acids is 1. The van der Waals surface area contributed by atoms with E-state index < -0.39 is 6.03 Å². The van der Waals surface area contributed by atoms with E-state index >= 15 is 0 Å². The highest BCUT2D eigenvalue weighted by molar-refractivity contribution is 5.90. The molecule has 2 amide bonds. The fourth-order valence-corrected chi connectivity index (χ4v) is 4.98. The number of fused-ring (bicyclic) bond motifs is 1. The second kappa shape index (κ2) is 10.1. The number of benzene rings is 1. The molecule has 0 unspecified atom stereocenters. The van der Waals surface area contributed by atoms with Gasteiger partial charge < -0.3 is 16.0 Å². The van der Waals surface area contributed by atoms with Gasteiger partial charge in [0.05, 0.1) is 17.3 Å². The Morgan fingerprint density at radius 3 is 2.45 bits per heavy atom. The molecule has 174 valence electrons. The molecule has 2 aliphatic carbocycles. The standard InChI is InChI=1S/C25H33N7O/c1-31(2)23-21-5-3-4-6-22(21)29-25(30-23)28-19-11-7-18(8-12-19)16-32(24(27)33)20-13-9-17(15-26)10-14-20/h9-10,13-14,18-19H,3-8,11-12,16H2,1-2H3,(H2,27,33)(H,28,29,30)/t18-,19+. The molecule has 1 heterocycles. The largest absolute Gasteiger partial charge is 0.362 e. The summed E-state index contributed by atoms with van der Waals surface area (Å²) < 4.78 is 0. The molecule has 3 N–H and O–H groups in total. The van der Waals surface area contributed by atoms with Crippen molar-refractivity contribution in [3.05, 3.63) is 41.1 Å². The molecule has 33 heavy (non-hydrogen) atoms. The van der Waals surface area contributed by atoms with E-state index in [1.54, 1.807) is 29.2 Å². The van der Waals surface area contributed by atoms with Crippen LogP contribution in [0, 0.1) is 17.2 Å². The van der Waals surface area contributed by atoms with Gasteiger partial charge in [-0.25, -0.2) is 9.78 Å². The molecule has 0 spiro atoms. The van der Waals surface area contributed by atoms with E-state index in [2.05, 4.69) is 16.3 Å². The summed E-state index contributed by atoms with van der Waals surface area (Å²) >= 11 is 0. The van der Waals surface area contributed by atoms with Crippen LogP contribution < -0.4 is 20.9 Å². The van der Waals surface area contributed by atoms with E-state index in [1.165, 1.54) is 24.1 Å². The Labute approximate surface area is 195 Å². The number of amides is 2. The molecular formula is C25H33N7O. The van der Waals surface area contributed by atoms with Gasteiger partial charge in [-0.05, 0) is 81.5 Å². The maximum atomic E-state index is 12.1. The van der Waals surface area contributed by atoms with Crippen molar-refractivity contribution in [1.29, 1.82) is 5.26 Å². The second-order valence-electron chi connectivity index (χ2n) is 9.37. The summed E-state index contributed by atoms with van der Waals surface area (Å²) in [5, 5.41) is 12.6. The van der Waals surface area contributed by atoms with Crippen LogP contribution in [-0.4, -0.2) is 42.7 Å². The van der Waals surface area contributed by atoms with E-state index in [0.717, 1.165) is 56.0 Å². The zero-order valence-electron chi connectivity index (χ0n) is 19.5. The van der Waals surface area contributed by atoms with Crippen molar-refractivity contribution in [3.8, 4) is 6.07 Å². The molecule has 1 aromatic carbocycles. The van der Waals surface area contributed by atoms with Crippen molar-refractivity contribution >= 4 is 23.5 Å². The Bertz CT molecular complexity index is 1020. The summed E-state index contributed by atoms with van der Waals surface area (Å²) in [5.74, 6) is 2.16. The van der Waals surface area contributed by atoms with Gasteiger partial charge in [0.1, 0.15) is 5.82 Å². The number of anilines is 3. The molecule has 0 aliphatic heterocycles. The van der Waals surface area contributed by atoms with Crippen LogP contribution in [0.3, 0.4) is 0 Å². The predicted molar refractivity (Wildman–Crippen MR) is 130 cm³/mol. The summed E-state index contributed by atoms with van der Waals surface area (Å²) in [4.78, 5) is 25.5. The van der Waals surface area contributed by atoms with Gasteiger partial charge in [-0.2, -0.15) is 10.2 Å². The van der Waals surface area contributed by atoms with Gasteiger partial charge in [0.15, 0.2) is 0 Å². The summed E-state index contributed by atoms with van der Waals surface area (Å²) in [6, 6.07) is 8.97. The first-order valence-electron chi connectivity index (χ1n) is 11.9. The Balaban J connectivity index is 1.37. The number of aromatic nitrogens is 2. The van der Waals surface area contributed by atoms with Gasteiger partial charge >= 0.3 is 6.03 Å². The number of carbonyl (C=O) groups is 1. The van der Waals surface area contributed by atoms with Gasteiger partial charge in [-0.15, -0.1) is 0 Å². The van der Waals surface area contributed by atoms with Crippen LogP contribution in [-0.2, 0) is 12.8 Å². The summed E-state index contributed by atoms with van der Waals surface area (Å²) in [6.45, 7) is 0.591. The van der Waals surface area contributed by atoms with Crippen molar-refractivity contribution < 1.29 is 4.79 Å². The molecule has 0 bridgehead atoms. The van der Waals surface area contributed by atoms with Crippen LogP contribution in [0.2, 0.25) is 0 Å². The Morgan fingerprint density at radius 1 is 1.12 bits per heavy atom. The van der Waals surface area contributed by atoms with Gasteiger partial charge in [-0.1, -0.05) is 0 Å². The third-order valence-corrected chi connectivity index (χ3v) is 6.78. The fourth-order valence-electron chi connectivity index (χ4n) is 4.98. The summed E-state index contributed by atoms with van der Waals surface area (Å²) in [7, 11) is 4.09. The van der Waals surface area contributed by atoms with Crippen LogP contribution in [0.25, 0.3) is 0 Å². The predicted octanol–water partition coefficient (Wildman–Crippen LogP) is 3.85. The van der Waals surface area contributed by atoms with Gasteiger partial charge in [-0.3, -0.25) is 4.90 Å². The molecule has 0 saturated heterocycles. The van der Waals surface area contributed by atoms with Gasteiger partial charge in [0.25, 0.3) is 0 Å². The van der Waals surface area contributed by atoms with E-state index in [4.69, 9.17) is 21.0 Å². The molecule has 0 atom stereocenters. The molecule has 2 aromatic rings. The minimum Gasteiger partial charge on any atom is -0.362 e. The molecule has 1 aromatic heterocycles. The summed E-state index contributed by atoms with van der Waals surface area (Å²) in [5.41, 5.74) is 9.46. The summed E-state index contributed by atoms with van der Waals surface area (Å²) in [6.07, 6.45) is 8.50. The van der Waals surface area contributed by atoms with Crippen LogP contribution >= 0.6 is 0 Å². The number of hydrogen-bond acceptors (Lipinski definition) is 6. The van der Waals surface area contributed by atoms with Gasteiger partial charge in [0, 0.05) is 37.9 Å². The quantitative estimate of drug-likeness (QED) is 0.696. The molecule has 0 radical (unpaired) electrons. The lowest BCUT2D eigenvalue weighted by Crippen LogP contribution is -2.41. The normalized spacial score (nSPS) is 19.8. The third-order valence-electron chi connectivity index (χ3n) is 6.78. The van der Waals surface area contributed by atoms with E-state index in [0.29, 0.717) is 24.1 Å². The van der Waals surface area contributed by atoms with Crippen LogP contribution in [0.1, 0.15) is 55.3 Å². The molecule has 1 saturated carbocycles. The number of nitrogens with two attached hydrogens (primary N) is 1. The highest BCUT2D eigenvalue weighted by Crippen LogP contribution is 2.31. The number of aryl methyl sites for hydroxylation is 1. The first kappa shape index (κ1) is 22.8. The lowest BCUT2D eigenvalue weighted by atomic mass is 9.85. The Kier molecular flexibility index (Phi) is 6.97. The number of hydrogen-bond donors (Lipinski definition) is 2. The minimum atomic E-state index is -0.460. The molecule has 4 rings (SSSR count). The van der Waals surface area contributed by atoms with Gasteiger partial charge in [0.2, 0.25) is 5.95 Å². The molecule has 8 heteroatoms. The number of rotatable bonds is 6. The number of primary amides is 1. The lowest BCUT2D eigenvalue weighted by Gasteiger charge is -2.33. The van der Waals surface area contributed by atoms with E-state index in [1.807, 2.05) is 14.1 Å². The highest BCUT2D eigenvalue weighted by atomic mass is 16.2. The third kappa shape index (κ3) is 5.36. The number of nitrogens with one attached hydrogen (secondary N) is 1. The van der Waals surface area contributed by atoms with Crippen molar-refractivity contribution in [2.24, 2.45) is 11.7 Å². The average Bonchev–Trinajstić information content (AvgIpc) is 2.83. The maximum Gasteiger partial charge on any atom is 0.319 e. The molecule has 1 fully saturated rings. The van der Waals surface area contributed by atoms with Crippen molar-refractivity contribution in [3.63, 3.8) is 0 Å². The van der Waals surface area contributed by atoms with E-state index in [9.17, 15) is 4.79 Å².